The highest BCUT2D eigenvalue weighted by Crippen LogP contribution is 2.36. The minimum Gasteiger partial charge on any atom is -0.454 e. The Balaban J connectivity index is 0.00000324. The number of fused-ring (bicyclic) bond motifs is 1. The molecule has 0 saturated carbocycles. The summed E-state index contributed by atoms with van der Waals surface area (Å²) >= 11 is 0. The standard InChI is InChI=1S/C25H24FN2O4S.H2/c1-5-33(30,31)16-9-10-21(32-22-8-6-7-17(15(2)3)23(22)26)19(13-16)20-14-28(4)25(29)24-18(20)11-12-27-24;/h6-15H,5H2,1-4H3;1H. The Kier molecular flexibility index (Phi) is 5.97. The molecule has 2 aromatic carbocycles. The fourth-order valence-corrected chi connectivity index (χ4v) is 4.67. The zero-order valence-corrected chi connectivity index (χ0v) is 19.6. The Morgan fingerprint density at radius 2 is 1.91 bits per heavy atom. The number of ether oxygens (including phenoxy) is 1. The number of hydrogen-bond acceptors (Lipinski definition) is 5. The van der Waals surface area contributed by atoms with E-state index in [2.05, 4.69) is 4.99 Å². The van der Waals surface area contributed by atoms with E-state index in [1.54, 1.807) is 38.4 Å². The molecular weight excluding hydrogens is 443 g/mol. The number of nitrogens with zero attached hydrogens (tertiary/aromatic N) is 2. The molecule has 4 rings (SSSR count). The number of aromatic nitrogens is 1. The van der Waals surface area contributed by atoms with Crippen LogP contribution in [0.1, 0.15) is 33.7 Å². The molecule has 3 aromatic rings. The molecule has 0 bridgehead atoms. The molecule has 1 aromatic heterocycles. The van der Waals surface area contributed by atoms with Crippen molar-refractivity contribution >= 4 is 15.9 Å². The molecule has 0 amide bonds. The van der Waals surface area contributed by atoms with Crippen LogP contribution < -0.4 is 20.9 Å². The summed E-state index contributed by atoms with van der Waals surface area (Å²) in [4.78, 5) is 16.8. The molecule has 33 heavy (non-hydrogen) atoms. The van der Waals surface area contributed by atoms with Crippen molar-refractivity contribution in [3.63, 3.8) is 0 Å². The van der Waals surface area contributed by atoms with Gasteiger partial charge in [-0.1, -0.05) is 32.9 Å². The summed E-state index contributed by atoms with van der Waals surface area (Å²) in [6, 6.07) is 9.43. The van der Waals surface area contributed by atoms with Crippen LogP contribution in [0.2, 0.25) is 0 Å². The molecule has 0 fully saturated rings. The largest absolute Gasteiger partial charge is 0.454 e. The third-order valence-electron chi connectivity index (χ3n) is 5.65. The Labute approximate surface area is 193 Å². The van der Waals surface area contributed by atoms with Crippen LogP contribution in [0.3, 0.4) is 0 Å². The molecule has 173 valence electrons. The van der Waals surface area contributed by atoms with E-state index in [4.69, 9.17) is 4.74 Å². The van der Waals surface area contributed by atoms with Crippen molar-refractivity contribution < 1.29 is 19.0 Å². The maximum atomic E-state index is 15.1. The number of benzene rings is 2. The number of rotatable bonds is 6. The average molecular weight is 470 g/mol. The molecule has 1 aliphatic rings. The maximum Gasteiger partial charge on any atom is 0.276 e. The van der Waals surface area contributed by atoms with Crippen LogP contribution in [-0.2, 0) is 16.9 Å². The predicted molar refractivity (Wildman–Crippen MR) is 127 cm³/mol. The van der Waals surface area contributed by atoms with Gasteiger partial charge in [-0.3, -0.25) is 9.79 Å². The number of hydrogen-bond donors (Lipinski definition) is 0. The molecular formula is C25H26FN2O4S. The lowest BCUT2D eigenvalue weighted by atomic mass is 10.0. The summed E-state index contributed by atoms with van der Waals surface area (Å²) in [5.74, 6) is -0.271. The highest BCUT2D eigenvalue weighted by Gasteiger charge is 2.21. The van der Waals surface area contributed by atoms with Gasteiger partial charge in [-0.15, -0.1) is 0 Å². The summed E-state index contributed by atoms with van der Waals surface area (Å²) in [5.41, 5.74) is 1.24. The van der Waals surface area contributed by atoms with Gasteiger partial charge >= 0.3 is 0 Å². The van der Waals surface area contributed by atoms with Gasteiger partial charge in [0.25, 0.3) is 5.56 Å². The van der Waals surface area contributed by atoms with E-state index in [9.17, 15) is 13.2 Å². The van der Waals surface area contributed by atoms with Gasteiger partial charge in [0.1, 0.15) is 11.1 Å². The minimum absolute atomic E-state index is 0. The molecule has 0 saturated heterocycles. The minimum atomic E-state index is -3.52. The van der Waals surface area contributed by atoms with Gasteiger partial charge in [0.15, 0.2) is 21.4 Å². The first-order valence-electron chi connectivity index (χ1n) is 10.6. The Morgan fingerprint density at radius 1 is 1.15 bits per heavy atom. The molecule has 0 spiro atoms. The van der Waals surface area contributed by atoms with Crippen LogP contribution in [0, 0.1) is 12.4 Å². The molecule has 1 aliphatic heterocycles. The highest BCUT2D eigenvalue weighted by atomic mass is 32.2. The highest BCUT2D eigenvalue weighted by molar-refractivity contribution is 7.91. The summed E-state index contributed by atoms with van der Waals surface area (Å²) in [5, 5.41) is 0.822. The second-order valence-corrected chi connectivity index (χ2v) is 10.4. The predicted octanol–water partition coefficient (Wildman–Crippen LogP) is 3.72. The lowest BCUT2D eigenvalue weighted by molar-refractivity contribution is 0.437. The first kappa shape index (κ1) is 22.9. The normalized spacial score (nSPS) is 12.9. The molecule has 0 atom stereocenters. The number of sulfone groups is 1. The lowest BCUT2D eigenvalue weighted by Crippen LogP contribution is -2.43. The van der Waals surface area contributed by atoms with Gasteiger partial charge in [0.05, 0.1) is 17.2 Å². The fourth-order valence-electron chi connectivity index (χ4n) is 3.77. The van der Waals surface area contributed by atoms with Crippen LogP contribution in [0.25, 0.3) is 17.2 Å². The van der Waals surface area contributed by atoms with Gasteiger partial charge in [0.2, 0.25) is 0 Å². The smallest absolute Gasteiger partial charge is 0.276 e. The van der Waals surface area contributed by atoms with Gasteiger partial charge in [-0.2, -0.15) is 0 Å². The van der Waals surface area contributed by atoms with Crippen molar-refractivity contribution in [3.8, 4) is 22.6 Å². The first-order valence-corrected chi connectivity index (χ1v) is 12.2. The van der Waals surface area contributed by atoms with Crippen LogP contribution in [0.5, 0.6) is 11.5 Å². The number of halogens is 1. The first-order chi connectivity index (χ1) is 15.6. The zero-order valence-electron chi connectivity index (χ0n) is 18.8. The van der Waals surface area contributed by atoms with Gasteiger partial charge in [-0.05, 0) is 41.8 Å². The Hall–Kier alpha value is -3.26. The van der Waals surface area contributed by atoms with Crippen molar-refractivity contribution in [2.45, 2.75) is 31.6 Å². The summed E-state index contributed by atoms with van der Waals surface area (Å²) in [6.45, 7) is 6.87. The van der Waals surface area contributed by atoms with E-state index < -0.39 is 15.7 Å². The third kappa shape index (κ3) is 4.11. The topological polar surface area (TPSA) is 77.7 Å². The maximum absolute atomic E-state index is 15.1. The van der Waals surface area contributed by atoms with E-state index in [1.165, 1.54) is 35.4 Å². The molecule has 0 N–H and O–H groups in total. The van der Waals surface area contributed by atoms with Crippen molar-refractivity contribution in [2.75, 3.05) is 5.75 Å². The van der Waals surface area contributed by atoms with Crippen LogP contribution in [-0.4, -0.2) is 18.7 Å². The number of pyridine rings is 1. The van der Waals surface area contributed by atoms with Crippen molar-refractivity contribution in [2.24, 2.45) is 12.0 Å². The van der Waals surface area contributed by atoms with Crippen LogP contribution in [0.15, 0.2) is 57.3 Å². The lowest BCUT2D eigenvalue weighted by Gasteiger charge is -2.16. The van der Waals surface area contributed by atoms with Crippen LogP contribution in [0.4, 0.5) is 4.39 Å². The third-order valence-corrected chi connectivity index (χ3v) is 7.38. The van der Waals surface area contributed by atoms with E-state index in [0.29, 0.717) is 21.9 Å². The van der Waals surface area contributed by atoms with Gasteiger partial charge < -0.3 is 9.30 Å². The summed E-state index contributed by atoms with van der Waals surface area (Å²) in [6.07, 6.45) is 3.30. The molecule has 0 aliphatic carbocycles. The van der Waals surface area contributed by atoms with E-state index in [0.717, 1.165) is 0 Å². The monoisotopic (exact) mass is 469 g/mol. The quantitative estimate of drug-likeness (QED) is 0.551. The molecule has 6 nitrogen and oxygen atoms in total. The number of aryl methyl sites for hydroxylation is 1. The molecule has 8 heteroatoms. The van der Waals surface area contributed by atoms with Gasteiger partial charge in [-0.25, -0.2) is 12.8 Å². The Morgan fingerprint density at radius 3 is 2.61 bits per heavy atom. The fraction of sp³-hybridized carbons (Fsp3) is 0.240. The summed E-state index contributed by atoms with van der Waals surface area (Å²) < 4.78 is 47.7. The Bertz CT molecular complexity index is 1550. The van der Waals surface area contributed by atoms with E-state index >= 15 is 4.39 Å². The van der Waals surface area contributed by atoms with E-state index in [-0.39, 0.29) is 40.4 Å². The second kappa shape index (κ2) is 8.59. The molecule has 2 heterocycles. The molecule has 1 radical (unpaired) electrons. The average Bonchev–Trinajstić information content (AvgIpc) is 3.28. The van der Waals surface area contributed by atoms with Crippen molar-refractivity contribution in [3.05, 3.63) is 81.5 Å². The van der Waals surface area contributed by atoms with Crippen molar-refractivity contribution in [1.82, 2.24) is 4.57 Å². The zero-order chi connectivity index (χ0) is 23.9. The van der Waals surface area contributed by atoms with Crippen molar-refractivity contribution in [1.29, 1.82) is 0 Å². The summed E-state index contributed by atoms with van der Waals surface area (Å²) in [7, 11) is -1.92. The second-order valence-electron chi connectivity index (χ2n) is 8.14. The van der Waals surface area contributed by atoms with Crippen LogP contribution >= 0.6 is 0 Å². The van der Waals surface area contributed by atoms with Gasteiger partial charge in [0, 0.05) is 31.0 Å². The van der Waals surface area contributed by atoms with E-state index in [1.807, 2.05) is 13.8 Å². The molecule has 0 unspecified atom stereocenters. The SMILES string of the molecule is CCS(=O)(=O)c1ccc(Oc2cccc(C(C)C)c2F)c(-c2cn(C)c(=O)c3c2=C[CH]N=3)c1.[HH].